The van der Waals surface area contributed by atoms with E-state index in [1.165, 1.54) is 6.42 Å². The third-order valence-electron chi connectivity index (χ3n) is 3.11. The van der Waals surface area contributed by atoms with Crippen molar-refractivity contribution in [2.24, 2.45) is 0 Å². The second kappa shape index (κ2) is 3.34. The summed E-state index contributed by atoms with van der Waals surface area (Å²) in [5.41, 5.74) is 5.47. The molecule has 0 aromatic carbocycles. The van der Waals surface area contributed by atoms with Gasteiger partial charge in [0.1, 0.15) is 11.6 Å². The van der Waals surface area contributed by atoms with Crippen molar-refractivity contribution >= 4 is 11.6 Å². The van der Waals surface area contributed by atoms with Crippen LogP contribution in [-0.2, 0) is 4.74 Å². The third-order valence-corrected chi connectivity index (χ3v) is 3.11. The van der Waals surface area contributed by atoms with E-state index in [9.17, 15) is 0 Å². The van der Waals surface area contributed by atoms with Gasteiger partial charge in [-0.25, -0.2) is 9.97 Å². The minimum Gasteiger partial charge on any atom is -0.382 e. The van der Waals surface area contributed by atoms with E-state index in [2.05, 4.69) is 15.3 Å². The maximum absolute atomic E-state index is 5.75. The van der Waals surface area contributed by atoms with E-state index in [4.69, 9.17) is 10.5 Å². The van der Waals surface area contributed by atoms with Crippen LogP contribution in [-0.4, -0.2) is 28.2 Å². The van der Waals surface area contributed by atoms with Crippen molar-refractivity contribution in [1.29, 1.82) is 0 Å². The van der Waals surface area contributed by atoms with Gasteiger partial charge in [-0.3, -0.25) is 0 Å². The molecule has 3 N–H and O–H groups in total. The molecule has 2 saturated heterocycles. The predicted octanol–water partition coefficient (Wildman–Crippen LogP) is 0.791. The van der Waals surface area contributed by atoms with Crippen LogP contribution in [0.15, 0.2) is 12.4 Å². The summed E-state index contributed by atoms with van der Waals surface area (Å²) < 4.78 is 5.75. The van der Waals surface area contributed by atoms with Crippen LogP contribution in [0.3, 0.4) is 0 Å². The van der Waals surface area contributed by atoms with Crippen molar-refractivity contribution in [2.75, 3.05) is 11.1 Å². The summed E-state index contributed by atoms with van der Waals surface area (Å²) >= 11 is 0. The number of nitrogens with one attached hydrogen (secondary N) is 1. The van der Waals surface area contributed by atoms with E-state index in [1.807, 2.05) is 0 Å². The SMILES string of the molecule is Nc1cnc(NC2CC3CCC2O3)cn1. The second-order valence-corrected chi connectivity index (χ2v) is 4.19. The molecule has 0 spiro atoms. The molecule has 2 bridgehead atoms. The van der Waals surface area contributed by atoms with Crippen LogP contribution in [0.1, 0.15) is 19.3 Å². The summed E-state index contributed by atoms with van der Waals surface area (Å²) in [6, 6.07) is 0.390. The number of nitrogen functional groups attached to an aromatic ring is 1. The highest BCUT2D eigenvalue weighted by Gasteiger charge is 2.40. The van der Waals surface area contributed by atoms with Crippen LogP contribution in [0.25, 0.3) is 0 Å². The largest absolute Gasteiger partial charge is 0.382 e. The Labute approximate surface area is 88.1 Å². The van der Waals surface area contributed by atoms with Crippen LogP contribution >= 0.6 is 0 Å². The second-order valence-electron chi connectivity index (χ2n) is 4.19. The summed E-state index contributed by atoms with van der Waals surface area (Å²) in [6.45, 7) is 0. The van der Waals surface area contributed by atoms with Crippen LogP contribution in [0.2, 0.25) is 0 Å². The number of ether oxygens (including phenoxy) is 1. The van der Waals surface area contributed by atoms with Gasteiger partial charge in [-0.15, -0.1) is 0 Å². The molecule has 2 aliphatic rings. The van der Waals surface area contributed by atoms with E-state index in [-0.39, 0.29) is 0 Å². The number of aromatic nitrogens is 2. The Morgan fingerprint density at radius 2 is 2.27 bits per heavy atom. The molecule has 3 rings (SSSR count). The van der Waals surface area contributed by atoms with Gasteiger partial charge in [0.05, 0.1) is 30.6 Å². The fourth-order valence-corrected chi connectivity index (χ4v) is 2.39. The smallest absolute Gasteiger partial charge is 0.144 e. The zero-order valence-electron chi connectivity index (χ0n) is 8.39. The minimum absolute atomic E-state index is 0.356. The highest BCUT2D eigenvalue weighted by atomic mass is 16.5. The Morgan fingerprint density at radius 1 is 1.33 bits per heavy atom. The molecule has 0 saturated carbocycles. The number of nitrogens with zero attached hydrogens (tertiary/aromatic N) is 2. The molecule has 2 aliphatic heterocycles. The molecule has 5 nitrogen and oxygen atoms in total. The van der Waals surface area contributed by atoms with Crippen LogP contribution < -0.4 is 11.1 Å². The fourth-order valence-electron chi connectivity index (χ4n) is 2.39. The summed E-state index contributed by atoms with van der Waals surface area (Å²) in [7, 11) is 0. The molecular formula is C10H14N4O. The molecule has 5 heteroatoms. The number of anilines is 2. The first-order valence-corrected chi connectivity index (χ1v) is 5.31. The molecule has 1 aromatic rings. The standard InChI is InChI=1S/C10H14N4O/c11-9-4-13-10(5-12-9)14-7-3-6-1-2-8(7)15-6/h4-8H,1-3H2,(H2,11,12)(H,13,14). The van der Waals surface area contributed by atoms with Gasteiger partial charge in [-0.1, -0.05) is 0 Å². The lowest BCUT2D eigenvalue weighted by molar-refractivity contribution is 0.102. The lowest BCUT2D eigenvalue weighted by Crippen LogP contribution is -2.30. The van der Waals surface area contributed by atoms with E-state index < -0.39 is 0 Å². The number of nitrogens with two attached hydrogens (primary N) is 1. The number of rotatable bonds is 2. The maximum atomic E-state index is 5.75. The van der Waals surface area contributed by atoms with Crippen molar-refractivity contribution in [3.05, 3.63) is 12.4 Å². The van der Waals surface area contributed by atoms with E-state index in [1.54, 1.807) is 12.4 Å². The monoisotopic (exact) mass is 206 g/mol. The fraction of sp³-hybridized carbons (Fsp3) is 0.600. The quantitative estimate of drug-likeness (QED) is 0.748. The number of hydrogen-bond acceptors (Lipinski definition) is 5. The normalized spacial score (nSPS) is 33.2. The van der Waals surface area contributed by atoms with Crippen molar-refractivity contribution < 1.29 is 4.74 Å². The summed E-state index contributed by atoms with van der Waals surface area (Å²) in [4.78, 5) is 8.17. The molecule has 0 amide bonds. The maximum Gasteiger partial charge on any atom is 0.144 e. The molecule has 3 heterocycles. The van der Waals surface area contributed by atoms with Gasteiger partial charge >= 0.3 is 0 Å². The van der Waals surface area contributed by atoms with Crippen molar-refractivity contribution in [3.8, 4) is 0 Å². The van der Waals surface area contributed by atoms with Crippen LogP contribution in [0.4, 0.5) is 11.6 Å². The highest BCUT2D eigenvalue weighted by molar-refractivity contribution is 5.37. The van der Waals surface area contributed by atoms with Gasteiger partial charge in [-0.2, -0.15) is 0 Å². The molecule has 1 aromatic heterocycles. The van der Waals surface area contributed by atoms with Crippen molar-refractivity contribution in [3.63, 3.8) is 0 Å². The average molecular weight is 206 g/mol. The van der Waals surface area contributed by atoms with E-state index in [0.29, 0.717) is 24.1 Å². The molecular weight excluding hydrogens is 192 g/mol. The Balaban J connectivity index is 1.68. The molecule has 2 fully saturated rings. The van der Waals surface area contributed by atoms with Gasteiger partial charge in [-0.05, 0) is 19.3 Å². The molecule has 3 unspecified atom stereocenters. The van der Waals surface area contributed by atoms with Crippen LogP contribution in [0, 0.1) is 0 Å². The van der Waals surface area contributed by atoms with Crippen molar-refractivity contribution in [2.45, 2.75) is 37.5 Å². The first kappa shape index (κ1) is 8.91. The summed E-state index contributed by atoms with van der Waals surface area (Å²) in [6.07, 6.45) is 7.48. The third kappa shape index (κ3) is 1.63. The van der Waals surface area contributed by atoms with E-state index >= 15 is 0 Å². The van der Waals surface area contributed by atoms with Crippen LogP contribution in [0.5, 0.6) is 0 Å². The van der Waals surface area contributed by atoms with Crippen molar-refractivity contribution in [1.82, 2.24) is 9.97 Å². The molecule has 0 radical (unpaired) electrons. The Hall–Kier alpha value is -1.36. The van der Waals surface area contributed by atoms with Gasteiger partial charge in [0, 0.05) is 0 Å². The van der Waals surface area contributed by atoms with Gasteiger partial charge in [0.15, 0.2) is 0 Å². The summed E-state index contributed by atoms with van der Waals surface area (Å²) in [5.74, 6) is 1.23. The van der Waals surface area contributed by atoms with Gasteiger partial charge in [0.25, 0.3) is 0 Å². The first-order valence-electron chi connectivity index (χ1n) is 5.31. The predicted molar refractivity (Wildman–Crippen MR) is 56.4 cm³/mol. The molecule has 15 heavy (non-hydrogen) atoms. The highest BCUT2D eigenvalue weighted by Crippen LogP contribution is 2.35. The van der Waals surface area contributed by atoms with E-state index in [0.717, 1.165) is 18.7 Å². The average Bonchev–Trinajstić information content (AvgIpc) is 2.83. The minimum atomic E-state index is 0.356. The zero-order valence-corrected chi connectivity index (χ0v) is 8.39. The Morgan fingerprint density at radius 3 is 2.87 bits per heavy atom. The zero-order chi connectivity index (χ0) is 10.3. The van der Waals surface area contributed by atoms with Gasteiger partial charge < -0.3 is 15.8 Å². The first-order chi connectivity index (χ1) is 7.31. The lowest BCUT2D eigenvalue weighted by Gasteiger charge is -2.20. The molecule has 80 valence electrons. The topological polar surface area (TPSA) is 73.1 Å². The molecule has 3 atom stereocenters. The number of fused-ring (bicyclic) bond motifs is 2. The summed E-state index contributed by atoms with van der Waals surface area (Å²) in [5, 5.41) is 3.35. The molecule has 0 aliphatic carbocycles. The lowest BCUT2D eigenvalue weighted by atomic mass is 9.95. The van der Waals surface area contributed by atoms with Gasteiger partial charge in [0.2, 0.25) is 0 Å². The Kier molecular flexibility index (Phi) is 1.98. The number of hydrogen-bond donors (Lipinski definition) is 2. The Bertz CT molecular complexity index is 353.